The zero-order chi connectivity index (χ0) is 11.3. The summed E-state index contributed by atoms with van der Waals surface area (Å²) in [5.41, 5.74) is 1.55. The fraction of sp³-hybridized carbons (Fsp3) is 0.250. The molecule has 0 aliphatic carbocycles. The van der Waals surface area contributed by atoms with Crippen molar-refractivity contribution in [2.75, 3.05) is 6.54 Å². The molecule has 0 saturated heterocycles. The number of amides is 1. The second kappa shape index (κ2) is 5.32. The van der Waals surface area contributed by atoms with Crippen LogP contribution in [0.4, 0.5) is 0 Å². The standard InChI is InChI=1S/C12H15NO2/c1-10(2)8-9-13(15)12(14)11-6-4-3-5-7-11/h3-8,15H,9H2,1-2H3. The lowest BCUT2D eigenvalue weighted by atomic mass is 10.2. The van der Waals surface area contributed by atoms with E-state index in [9.17, 15) is 10.0 Å². The first-order valence-corrected chi connectivity index (χ1v) is 4.80. The van der Waals surface area contributed by atoms with Crippen LogP contribution in [0.1, 0.15) is 24.2 Å². The van der Waals surface area contributed by atoms with Crippen molar-refractivity contribution in [2.24, 2.45) is 0 Å². The molecule has 0 spiro atoms. The maximum Gasteiger partial charge on any atom is 0.277 e. The first-order valence-electron chi connectivity index (χ1n) is 4.80. The monoisotopic (exact) mass is 205 g/mol. The molecule has 0 aromatic heterocycles. The summed E-state index contributed by atoms with van der Waals surface area (Å²) in [5.74, 6) is -0.381. The highest BCUT2D eigenvalue weighted by atomic mass is 16.5. The fourth-order valence-electron chi connectivity index (χ4n) is 1.08. The van der Waals surface area contributed by atoms with Gasteiger partial charge in [-0.05, 0) is 26.0 Å². The number of nitrogens with zero attached hydrogens (tertiary/aromatic N) is 1. The van der Waals surface area contributed by atoms with Gasteiger partial charge in [0, 0.05) is 5.56 Å². The molecule has 1 rings (SSSR count). The summed E-state index contributed by atoms with van der Waals surface area (Å²) < 4.78 is 0. The van der Waals surface area contributed by atoms with Crippen molar-refractivity contribution in [3.63, 3.8) is 0 Å². The maximum atomic E-state index is 11.6. The van der Waals surface area contributed by atoms with Crippen molar-refractivity contribution in [3.8, 4) is 0 Å². The molecule has 0 atom stereocenters. The summed E-state index contributed by atoms with van der Waals surface area (Å²) >= 11 is 0. The summed E-state index contributed by atoms with van der Waals surface area (Å²) in [6.07, 6.45) is 1.79. The first kappa shape index (κ1) is 11.5. The summed E-state index contributed by atoms with van der Waals surface area (Å²) in [6, 6.07) is 8.71. The van der Waals surface area contributed by atoms with Gasteiger partial charge in [-0.25, -0.2) is 5.06 Å². The molecule has 0 heterocycles. The largest absolute Gasteiger partial charge is 0.285 e. The number of benzene rings is 1. The van der Waals surface area contributed by atoms with Crippen LogP contribution in [0.3, 0.4) is 0 Å². The number of hydrogen-bond acceptors (Lipinski definition) is 2. The van der Waals surface area contributed by atoms with Crippen molar-refractivity contribution in [1.82, 2.24) is 5.06 Å². The van der Waals surface area contributed by atoms with E-state index in [0.29, 0.717) is 10.6 Å². The van der Waals surface area contributed by atoms with Crippen molar-refractivity contribution in [1.29, 1.82) is 0 Å². The van der Waals surface area contributed by atoms with Gasteiger partial charge in [0.1, 0.15) is 0 Å². The van der Waals surface area contributed by atoms with Gasteiger partial charge < -0.3 is 0 Å². The Labute approximate surface area is 89.6 Å². The minimum Gasteiger partial charge on any atom is -0.285 e. The van der Waals surface area contributed by atoms with Gasteiger partial charge in [-0.1, -0.05) is 29.8 Å². The van der Waals surface area contributed by atoms with E-state index >= 15 is 0 Å². The summed E-state index contributed by atoms with van der Waals surface area (Å²) in [5, 5.41) is 10.2. The molecule has 1 amide bonds. The predicted molar refractivity (Wildman–Crippen MR) is 58.7 cm³/mol. The van der Waals surface area contributed by atoms with Crippen LogP contribution in [0.2, 0.25) is 0 Å². The van der Waals surface area contributed by atoms with Crippen LogP contribution in [0.25, 0.3) is 0 Å². The molecular weight excluding hydrogens is 190 g/mol. The lowest BCUT2D eigenvalue weighted by Crippen LogP contribution is -2.27. The van der Waals surface area contributed by atoms with E-state index in [1.807, 2.05) is 19.9 Å². The summed E-state index contributed by atoms with van der Waals surface area (Å²) in [7, 11) is 0. The molecule has 0 radical (unpaired) electrons. The molecule has 3 nitrogen and oxygen atoms in total. The highest BCUT2D eigenvalue weighted by molar-refractivity contribution is 5.93. The maximum absolute atomic E-state index is 11.6. The van der Waals surface area contributed by atoms with Gasteiger partial charge >= 0.3 is 0 Å². The smallest absolute Gasteiger partial charge is 0.277 e. The van der Waals surface area contributed by atoms with Crippen molar-refractivity contribution < 1.29 is 10.0 Å². The van der Waals surface area contributed by atoms with Crippen LogP contribution in [-0.4, -0.2) is 22.7 Å². The third-order valence-corrected chi connectivity index (χ3v) is 1.93. The third-order valence-electron chi connectivity index (χ3n) is 1.93. The Kier molecular flexibility index (Phi) is 4.06. The van der Waals surface area contributed by atoms with Gasteiger partial charge in [0.2, 0.25) is 0 Å². The Bertz CT molecular complexity index is 353. The van der Waals surface area contributed by atoms with Gasteiger partial charge in [0.05, 0.1) is 6.54 Å². The second-order valence-electron chi connectivity index (χ2n) is 3.53. The number of rotatable bonds is 3. The lowest BCUT2D eigenvalue weighted by molar-refractivity contribution is -0.0495. The Morgan fingerprint density at radius 2 is 1.93 bits per heavy atom. The van der Waals surface area contributed by atoms with E-state index < -0.39 is 0 Å². The van der Waals surface area contributed by atoms with Crippen molar-refractivity contribution in [2.45, 2.75) is 13.8 Å². The van der Waals surface area contributed by atoms with Gasteiger partial charge in [0.25, 0.3) is 5.91 Å². The van der Waals surface area contributed by atoms with E-state index in [-0.39, 0.29) is 12.5 Å². The van der Waals surface area contributed by atoms with Crippen LogP contribution in [0, 0.1) is 0 Å². The number of carbonyl (C=O) groups is 1. The van der Waals surface area contributed by atoms with E-state index in [1.165, 1.54) is 0 Å². The first-order chi connectivity index (χ1) is 7.11. The highest BCUT2D eigenvalue weighted by Gasteiger charge is 2.10. The molecule has 1 aromatic rings. The van der Waals surface area contributed by atoms with Gasteiger partial charge in [-0.15, -0.1) is 0 Å². The van der Waals surface area contributed by atoms with Crippen LogP contribution >= 0.6 is 0 Å². The number of carbonyl (C=O) groups excluding carboxylic acids is 1. The molecule has 0 fully saturated rings. The number of allylic oxidation sites excluding steroid dienone is 1. The van der Waals surface area contributed by atoms with Crippen LogP contribution in [0.5, 0.6) is 0 Å². The average Bonchev–Trinajstić information content (AvgIpc) is 2.26. The Hall–Kier alpha value is -1.61. The van der Waals surface area contributed by atoms with Gasteiger partial charge in [0.15, 0.2) is 0 Å². The Morgan fingerprint density at radius 3 is 2.47 bits per heavy atom. The molecule has 80 valence electrons. The van der Waals surface area contributed by atoms with Crippen LogP contribution < -0.4 is 0 Å². The SMILES string of the molecule is CC(C)=CCN(O)C(=O)c1ccccc1. The molecule has 0 bridgehead atoms. The zero-order valence-electron chi connectivity index (χ0n) is 8.97. The van der Waals surface area contributed by atoms with Crippen LogP contribution in [0.15, 0.2) is 42.0 Å². The Balaban J connectivity index is 2.65. The highest BCUT2D eigenvalue weighted by Crippen LogP contribution is 2.03. The molecule has 1 aromatic carbocycles. The minimum absolute atomic E-state index is 0.218. The molecule has 15 heavy (non-hydrogen) atoms. The minimum atomic E-state index is -0.381. The molecule has 3 heteroatoms. The normalized spacial score (nSPS) is 9.53. The van der Waals surface area contributed by atoms with E-state index in [0.717, 1.165) is 5.57 Å². The number of hydrogen-bond donors (Lipinski definition) is 1. The summed E-state index contributed by atoms with van der Waals surface area (Å²) in [6.45, 7) is 4.05. The van der Waals surface area contributed by atoms with Crippen molar-refractivity contribution in [3.05, 3.63) is 47.5 Å². The topological polar surface area (TPSA) is 40.5 Å². The molecule has 0 saturated carbocycles. The van der Waals surface area contributed by atoms with E-state index in [1.54, 1.807) is 30.3 Å². The average molecular weight is 205 g/mol. The van der Waals surface area contributed by atoms with Gasteiger partial charge in [-0.3, -0.25) is 10.0 Å². The lowest BCUT2D eigenvalue weighted by Gasteiger charge is -2.12. The molecule has 0 aliphatic heterocycles. The molecule has 1 N–H and O–H groups in total. The zero-order valence-corrected chi connectivity index (χ0v) is 8.97. The van der Waals surface area contributed by atoms with Gasteiger partial charge in [-0.2, -0.15) is 0 Å². The molecule has 0 unspecified atom stereocenters. The van der Waals surface area contributed by atoms with E-state index in [2.05, 4.69) is 0 Å². The number of hydroxylamine groups is 2. The fourth-order valence-corrected chi connectivity index (χ4v) is 1.08. The Morgan fingerprint density at radius 1 is 1.33 bits per heavy atom. The quantitative estimate of drug-likeness (QED) is 0.468. The van der Waals surface area contributed by atoms with Crippen molar-refractivity contribution >= 4 is 5.91 Å². The predicted octanol–water partition coefficient (Wildman–Crippen LogP) is 2.48. The van der Waals surface area contributed by atoms with Crippen LogP contribution in [-0.2, 0) is 0 Å². The third kappa shape index (κ3) is 3.56. The molecular formula is C12H15NO2. The summed E-state index contributed by atoms with van der Waals surface area (Å²) in [4.78, 5) is 11.6. The van der Waals surface area contributed by atoms with E-state index in [4.69, 9.17) is 0 Å². The molecule has 0 aliphatic rings. The second-order valence-corrected chi connectivity index (χ2v) is 3.53.